The van der Waals surface area contributed by atoms with Crippen LogP contribution >= 0.6 is 0 Å². The van der Waals surface area contributed by atoms with E-state index in [2.05, 4.69) is 51.8 Å². The minimum absolute atomic E-state index is 0.192. The number of nitrogens with zero attached hydrogens (tertiary/aromatic N) is 1. The molecule has 1 unspecified atom stereocenters. The van der Waals surface area contributed by atoms with Gasteiger partial charge in [0.25, 0.3) is 0 Å². The van der Waals surface area contributed by atoms with Gasteiger partial charge >= 0.3 is 0 Å². The predicted octanol–water partition coefficient (Wildman–Crippen LogP) is 1.98. The topological polar surface area (TPSA) is 58.4 Å². The number of hydrogen-bond acceptors (Lipinski definition) is 3. The molecule has 0 aromatic heterocycles. The number of nitrogens with one attached hydrogen (secondary N) is 1. The lowest BCUT2D eigenvalue weighted by Gasteiger charge is -2.40. The molecule has 1 aliphatic rings. The standard InChI is InChI=1S/C16H33N3O/c1-11(2)9-19(13(5)6)10-16(15(17)20,14-7-8-14)18-12(3)4/h11-14,18H,7-10H2,1-6H3,(H2,17,20). The van der Waals surface area contributed by atoms with Gasteiger partial charge in [-0.3, -0.25) is 15.0 Å². The number of amides is 1. The van der Waals surface area contributed by atoms with Crippen LogP contribution in [0.5, 0.6) is 0 Å². The van der Waals surface area contributed by atoms with Crippen molar-refractivity contribution in [3.8, 4) is 0 Å². The second-order valence-electron chi connectivity index (χ2n) is 7.33. The maximum absolute atomic E-state index is 12.2. The van der Waals surface area contributed by atoms with E-state index in [0.717, 1.165) is 25.9 Å². The summed E-state index contributed by atoms with van der Waals surface area (Å²) < 4.78 is 0. The fourth-order valence-corrected chi connectivity index (χ4v) is 2.98. The van der Waals surface area contributed by atoms with Crippen molar-refractivity contribution in [3.63, 3.8) is 0 Å². The Morgan fingerprint density at radius 1 is 1.25 bits per heavy atom. The summed E-state index contributed by atoms with van der Waals surface area (Å²) >= 11 is 0. The van der Waals surface area contributed by atoms with E-state index in [0.29, 0.717) is 17.9 Å². The van der Waals surface area contributed by atoms with Gasteiger partial charge in [0.15, 0.2) is 0 Å². The van der Waals surface area contributed by atoms with Crippen LogP contribution in [0.2, 0.25) is 0 Å². The monoisotopic (exact) mass is 283 g/mol. The second-order valence-corrected chi connectivity index (χ2v) is 7.33. The highest BCUT2D eigenvalue weighted by Gasteiger charge is 2.51. The molecule has 1 aliphatic carbocycles. The van der Waals surface area contributed by atoms with Crippen molar-refractivity contribution in [2.45, 2.75) is 72.0 Å². The van der Waals surface area contributed by atoms with Gasteiger partial charge in [-0.1, -0.05) is 13.8 Å². The first-order chi connectivity index (χ1) is 9.19. The summed E-state index contributed by atoms with van der Waals surface area (Å²) in [6, 6.07) is 0.681. The third-order valence-corrected chi connectivity index (χ3v) is 4.04. The van der Waals surface area contributed by atoms with Gasteiger partial charge in [0, 0.05) is 25.2 Å². The molecule has 0 radical (unpaired) electrons. The lowest BCUT2D eigenvalue weighted by atomic mass is 9.89. The molecule has 4 nitrogen and oxygen atoms in total. The Morgan fingerprint density at radius 2 is 1.80 bits per heavy atom. The van der Waals surface area contributed by atoms with Crippen molar-refractivity contribution in [2.75, 3.05) is 13.1 Å². The van der Waals surface area contributed by atoms with E-state index in [4.69, 9.17) is 5.73 Å². The summed E-state index contributed by atoms with van der Waals surface area (Å²) in [5.41, 5.74) is 5.25. The molecular weight excluding hydrogens is 250 g/mol. The Labute approximate surface area is 124 Å². The fraction of sp³-hybridized carbons (Fsp3) is 0.938. The van der Waals surface area contributed by atoms with Crippen molar-refractivity contribution < 1.29 is 4.79 Å². The Balaban J connectivity index is 2.94. The van der Waals surface area contributed by atoms with Gasteiger partial charge < -0.3 is 5.73 Å². The molecule has 4 heteroatoms. The fourth-order valence-electron chi connectivity index (χ4n) is 2.98. The van der Waals surface area contributed by atoms with E-state index in [-0.39, 0.29) is 11.9 Å². The molecule has 20 heavy (non-hydrogen) atoms. The zero-order valence-electron chi connectivity index (χ0n) is 14.1. The van der Waals surface area contributed by atoms with Crippen LogP contribution in [0.3, 0.4) is 0 Å². The van der Waals surface area contributed by atoms with Crippen LogP contribution in [0.15, 0.2) is 0 Å². The summed E-state index contributed by atoms with van der Waals surface area (Å²) in [5, 5.41) is 3.50. The molecule has 0 heterocycles. The van der Waals surface area contributed by atoms with E-state index < -0.39 is 5.54 Å². The van der Waals surface area contributed by atoms with E-state index in [9.17, 15) is 4.79 Å². The third-order valence-electron chi connectivity index (χ3n) is 4.04. The van der Waals surface area contributed by atoms with Crippen molar-refractivity contribution in [2.24, 2.45) is 17.6 Å². The first-order valence-electron chi connectivity index (χ1n) is 8.00. The lowest BCUT2D eigenvalue weighted by molar-refractivity contribution is -0.127. The van der Waals surface area contributed by atoms with Gasteiger partial charge in [-0.25, -0.2) is 0 Å². The van der Waals surface area contributed by atoms with Crippen LogP contribution < -0.4 is 11.1 Å². The molecule has 0 bridgehead atoms. The van der Waals surface area contributed by atoms with Crippen LogP contribution in [0.4, 0.5) is 0 Å². The van der Waals surface area contributed by atoms with Gasteiger partial charge in [-0.2, -0.15) is 0 Å². The molecule has 1 fully saturated rings. The predicted molar refractivity (Wildman–Crippen MR) is 84.5 cm³/mol. The molecule has 1 atom stereocenters. The highest BCUT2D eigenvalue weighted by molar-refractivity contribution is 5.86. The van der Waals surface area contributed by atoms with E-state index in [1.54, 1.807) is 0 Å². The molecule has 0 aromatic carbocycles. The molecular formula is C16H33N3O. The third kappa shape index (κ3) is 4.45. The average molecular weight is 283 g/mol. The minimum atomic E-state index is -0.562. The van der Waals surface area contributed by atoms with Crippen molar-refractivity contribution in [3.05, 3.63) is 0 Å². The molecule has 118 valence electrons. The van der Waals surface area contributed by atoms with Crippen molar-refractivity contribution >= 4 is 5.91 Å². The summed E-state index contributed by atoms with van der Waals surface area (Å²) in [6.45, 7) is 14.7. The smallest absolute Gasteiger partial charge is 0.239 e. The normalized spacial score (nSPS) is 19.1. The molecule has 0 spiro atoms. The Morgan fingerprint density at radius 3 is 2.10 bits per heavy atom. The number of carbonyl (C=O) groups is 1. The SMILES string of the molecule is CC(C)CN(CC(NC(C)C)(C(N)=O)C1CC1)C(C)C. The Kier molecular flexibility index (Phi) is 6.02. The van der Waals surface area contributed by atoms with Crippen LogP contribution in [0, 0.1) is 11.8 Å². The number of rotatable bonds is 9. The molecule has 3 N–H and O–H groups in total. The molecule has 0 aliphatic heterocycles. The first-order valence-corrected chi connectivity index (χ1v) is 8.00. The minimum Gasteiger partial charge on any atom is -0.368 e. The van der Waals surface area contributed by atoms with Crippen molar-refractivity contribution in [1.82, 2.24) is 10.2 Å². The van der Waals surface area contributed by atoms with Gasteiger partial charge in [0.2, 0.25) is 5.91 Å². The lowest BCUT2D eigenvalue weighted by Crippen LogP contribution is -2.65. The number of carbonyl (C=O) groups excluding carboxylic acids is 1. The van der Waals surface area contributed by atoms with Gasteiger partial charge in [0.05, 0.1) is 0 Å². The van der Waals surface area contributed by atoms with Gasteiger partial charge in [-0.05, 0) is 52.4 Å². The van der Waals surface area contributed by atoms with Gasteiger partial charge in [-0.15, -0.1) is 0 Å². The maximum atomic E-state index is 12.2. The molecule has 1 amide bonds. The average Bonchev–Trinajstić information content (AvgIpc) is 3.08. The van der Waals surface area contributed by atoms with E-state index in [1.807, 2.05) is 0 Å². The van der Waals surface area contributed by atoms with Crippen LogP contribution in [0.1, 0.15) is 54.4 Å². The van der Waals surface area contributed by atoms with Crippen LogP contribution in [-0.2, 0) is 4.79 Å². The summed E-state index contributed by atoms with van der Waals surface area (Å²) in [6.07, 6.45) is 2.21. The Bertz CT molecular complexity index is 324. The van der Waals surface area contributed by atoms with Crippen LogP contribution in [-0.4, -0.2) is 41.5 Å². The molecule has 1 saturated carbocycles. The maximum Gasteiger partial charge on any atom is 0.239 e. The highest BCUT2D eigenvalue weighted by Crippen LogP contribution is 2.40. The molecule has 0 aromatic rings. The van der Waals surface area contributed by atoms with Crippen LogP contribution in [0.25, 0.3) is 0 Å². The first kappa shape index (κ1) is 17.4. The van der Waals surface area contributed by atoms with Crippen molar-refractivity contribution in [1.29, 1.82) is 0 Å². The molecule has 0 saturated heterocycles. The largest absolute Gasteiger partial charge is 0.368 e. The zero-order valence-corrected chi connectivity index (χ0v) is 14.1. The second kappa shape index (κ2) is 6.90. The zero-order chi connectivity index (χ0) is 15.5. The summed E-state index contributed by atoms with van der Waals surface area (Å²) in [7, 11) is 0. The number of hydrogen-bond donors (Lipinski definition) is 2. The quantitative estimate of drug-likeness (QED) is 0.680. The summed E-state index contributed by atoms with van der Waals surface area (Å²) in [5.74, 6) is 0.792. The van der Waals surface area contributed by atoms with E-state index in [1.165, 1.54) is 0 Å². The Hall–Kier alpha value is -0.610. The highest BCUT2D eigenvalue weighted by atomic mass is 16.1. The summed E-state index contributed by atoms with van der Waals surface area (Å²) in [4.78, 5) is 14.6. The number of primary amides is 1. The van der Waals surface area contributed by atoms with Gasteiger partial charge in [0.1, 0.15) is 5.54 Å². The van der Waals surface area contributed by atoms with E-state index >= 15 is 0 Å². The number of nitrogens with two attached hydrogens (primary N) is 1. The molecule has 1 rings (SSSR count).